The highest BCUT2D eigenvalue weighted by molar-refractivity contribution is 7.98. The first kappa shape index (κ1) is 20.0. The van der Waals surface area contributed by atoms with Gasteiger partial charge in [-0.05, 0) is 38.9 Å². The Balaban J connectivity index is 1.63. The predicted octanol–water partition coefficient (Wildman–Crippen LogP) is 2.59. The van der Waals surface area contributed by atoms with E-state index in [2.05, 4.69) is 15.3 Å². The second-order valence-corrected chi connectivity index (χ2v) is 7.27. The molecule has 0 radical (unpaired) electrons. The molecule has 6 nitrogen and oxygen atoms in total. The van der Waals surface area contributed by atoms with Gasteiger partial charge in [0.2, 0.25) is 5.91 Å². The molecule has 1 aromatic rings. The number of hydrogen-bond acceptors (Lipinski definition) is 5. The molecule has 0 spiro atoms. The number of aromatic amines is 1. The van der Waals surface area contributed by atoms with Crippen LogP contribution in [0.2, 0.25) is 0 Å². The Hall–Kier alpha value is -1.34. The van der Waals surface area contributed by atoms with Crippen LogP contribution in [0.15, 0.2) is 9.95 Å². The molecule has 25 heavy (non-hydrogen) atoms. The number of carbonyl (C=O) groups excluding carboxylic acids is 1. The first-order valence-electron chi connectivity index (χ1n) is 9.12. The monoisotopic (exact) mass is 367 g/mol. The molecule has 0 unspecified atom stereocenters. The third-order valence-corrected chi connectivity index (χ3v) is 5.13. The van der Waals surface area contributed by atoms with Crippen LogP contribution in [-0.4, -0.2) is 41.4 Å². The Morgan fingerprint density at radius 2 is 2.12 bits per heavy atom. The lowest BCUT2D eigenvalue weighted by Gasteiger charge is -2.21. The zero-order valence-electron chi connectivity index (χ0n) is 15.2. The van der Waals surface area contributed by atoms with Crippen LogP contribution < -0.4 is 10.9 Å². The van der Waals surface area contributed by atoms with Crippen molar-refractivity contribution in [3.05, 3.63) is 21.6 Å². The van der Waals surface area contributed by atoms with Gasteiger partial charge >= 0.3 is 0 Å². The summed E-state index contributed by atoms with van der Waals surface area (Å²) in [5.74, 6) is -0.0367. The van der Waals surface area contributed by atoms with E-state index in [0.717, 1.165) is 6.42 Å². The highest BCUT2D eigenvalue weighted by Crippen LogP contribution is 2.20. The third kappa shape index (κ3) is 6.82. The van der Waals surface area contributed by atoms with E-state index in [4.69, 9.17) is 4.74 Å². The molecule has 0 bridgehead atoms. The highest BCUT2D eigenvalue weighted by atomic mass is 32.2. The molecule has 1 fully saturated rings. The van der Waals surface area contributed by atoms with Gasteiger partial charge in [-0.1, -0.05) is 31.0 Å². The third-order valence-electron chi connectivity index (χ3n) is 4.54. The van der Waals surface area contributed by atoms with Crippen molar-refractivity contribution in [3.63, 3.8) is 0 Å². The highest BCUT2D eigenvalue weighted by Gasteiger charge is 2.13. The van der Waals surface area contributed by atoms with Crippen molar-refractivity contribution in [1.82, 2.24) is 15.3 Å². The maximum atomic E-state index is 12.0. The SMILES string of the molecule is CSc1nc(C)c(CCC(=O)NCCCOC2CCCCC2)c(=O)[nH]1. The second kappa shape index (κ2) is 10.6. The first-order chi connectivity index (χ1) is 12.1. The van der Waals surface area contributed by atoms with E-state index in [1.807, 2.05) is 13.2 Å². The minimum atomic E-state index is -0.148. The fraction of sp³-hybridized carbons (Fsp3) is 0.722. The number of amides is 1. The van der Waals surface area contributed by atoms with E-state index in [-0.39, 0.29) is 11.5 Å². The van der Waals surface area contributed by atoms with Crippen molar-refractivity contribution < 1.29 is 9.53 Å². The summed E-state index contributed by atoms with van der Waals surface area (Å²) >= 11 is 1.40. The molecule has 1 aliphatic rings. The quantitative estimate of drug-likeness (QED) is 0.398. The summed E-state index contributed by atoms with van der Waals surface area (Å²) in [5.41, 5.74) is 1.14. The lowest BCUT2D eigenvalue weighted by atomic mass is 9.98. The van der Waals surface area contributed by atoms with Crippen LogP contribution in [0.1, 0.15) is 56.2 Å². The summed E-state index contributed by atoms with van der Waals surface area (Å²) in [6.45, 7) is 3.12. The van der Waals surface area contributed by atoms with E-state index >= 15 is 0 Å². The van der Waals surface area contributed by atoms with Crippen molar-refractivity contribution in [1.29, 1.82) is 0 Å². The number of nitrogens with zero attached hydrogens (tertiary/aromatic N) is 1. The Bertz CT molecular complexity index is 612. The molecule has 2 rings (SSSR count). The van der Waals surface area contributed by atoms with Crippen LogP contribution in [0.4, 0.5) is 0 Å². The second-order valence-electron chi connectivity index (χ2n) is 6.47. The Kier molecular flexibility index (Phi) is 8.48. The fourth-order valence-corrected chi connectivity index (χ4v) is 3.51. The Morgan fingerprint density at radius 3 is 2.80 bits per heavy atom. The smallest absolute Gasteiger partial charge is 0.254 e. The van der Waals surface area contributed by atoms with Crippen molar-refractivity contribution in [2.45, 2.75) is 69.6 Å². The van der Waals surface area contributed by atoms with Crippen LogP contribution in [0.25, 0.3) is 0 Å². The number of hydrogen-bond donors (Lipinski definition) is 2. The number of carbonyl (C=O) groups is 1. The molecule has 1 amide bonds. The van der Waals surface area contributed by atoms with Crippen LogP contribution >= 0.6 is 11.8 Å². The molecule has 2 N–H and O–H groups in total. The maximum Gasteiger partial charge on any atom is 0.254 e. The van der Waals surface area contributed by atoms with Crippen LogP contribution in [0, 0.1) is 6.92 Å². The molecular weight excluding hydrogens is 338 g/mol. The largest absolute Gasteiger partial charge is 0.378 e. The van der Waals surface area contributed by atoms with Crippen molar-refractivity contribution >= 4 is 17.7 Å². The van der Waals surface area contributed by atoms with Crippen molar-refractivity contribution in [2.24, 2.45) is 0 Å². The molecule has 1 heterocycles. The van der Waals surface area contributed by atoms with Gasteiger partial charge in [-0.25, -0.2) is 4.98 Å². The summed E-state index contributed by atoms with van der Waals surface area (Å²) in [6.07, 6.45) is 10.0. The lowest BCUT2D eigenvalue weighted by molar-refractivity contribution is -0.121. The molecule has 0 aromatic carbocycles. The first-order valence-corrected chi connectivity index (χ1v) is 10.3. The van der Waals surface area contributed by atoms with E-state index in [1.54, 1.807) is 0 Å². The van der Waals surface area contributed by atoms with Gasteiger partial charge in [-0.3, -0.25) is 9.59 Å². The number of aryl methyl sites for hydroxylation is 1. The molecule has 7 heteroatoms. The van der Waals surface area contributed by atoms with E-state index in [0.29, 0.717) is 48.5 Å². The van der Waals surface area contributed by atoms with E-state index in [9.17, 15) is 9.59 Å². The molecule has 1 aliphatic carbocycles. The van der Waals surface area contributed by atoms with Gasteiger partial charge in [-0.2, -0.15) is 0 Å². The van der Waals surface area contributed by atoms with E-state index < -0.39 is 0 Å². The van der Waals surface area contributed by atoms with Gasteiger partial charge in [0.15, 0.2) is 5.16 Å². The van der Waals surface area contributed by atoms with Crippen LogP contribution in [-0.2, 0) is 16.0 Å². The zero-order chi connectivity index (χ0) is 18.1. The predicted molar refractivity (Wildman–Crippen MR) is 100 cm³/mol. The lowest BCUT2D eigenvalue weighted by Crippen LogP contribution is -2.27. The molecule has 1 saturated carbocycles. The molecule has 1 aromatic heterocycles. The van der Waals surface area contributed by atoms with Gasteiger partial charge < -0.3 is 15.0 Å². The fourth-order valence-electron chi connectivity index (χ4n) is 3.08. The number of ether oxygens (including phenoxy) is 1. The van der Waals surface area contributed by atoms with Gasteiger partial charge in [0.25, 0.3) is 5.56 Å². The average molecular weight is 368 g/mol. The number of aromatic nitrogens is 2. The normalized spacial score (nSPS) is 15.3. The zero-order valence-corrected chi connectivity index (χ0v) is 16.0. The molecular formula is C18H29N3O3S. The van der Waals surface area contributed by atoms with Gasteiger partial charge in [-0.15, -0.1) is 0 Å². The van der Waals surface area contributed by atoms with Crippen molar-refractivity contribution in [2.75, 3.05) is 19.4 Å². The van der Waals surface area contributed by atoms with Gasteiger partial charge in [0, 0.05) is 30.8 Å². The molecule has 0 aliphatic heterocycles. The Labute approximate surface area is 153 Å². The minimum Gasteiger partial charge on any atom is -0.378 e. The summed E-state index contributed by atoms with van der Waals surface area (Å²) in [6, 6.07) is 0. The van der Waals surface area contributed by atoms with Gasteiger partial charge in [0.1, 0.15) is 0 Å². The van der Waals surface area contributed by atoms with Crippen LogP contribution in [0.5, 0.6) is 0 Å². The average Bonchev–Trinajstić information content (AvgIpc) is 2.61. The standard InChI is InChI=1S/C18H29N3O3S/c1-13-15(17(23)21-18(20-13)25-2)9-10-16(22)19-11-6-12-24-14-7-4-3-5-8-14/h14H,3-12H2,1-2H3,(H,19,22)(H,20,21,23). The van der Waals surface area contributed by atoms with E-state index in [1.165, 1.54) is 43.9 Å². The number of H-pyrrole nitrogens is 1. The number of nitrogens with one attached hydrogen (secondary N) is 2. The minimum absolute atomic E-state index is 0.0367. The summed E-state index contributed by atoms with van der Waals surface area (Å²) < 4.78 is 5.84. The number of thioether (sulfide) groups is 1. The van der Waals surface area contributed by atoms with Gasteiger partial charge in [0.05, 0.1) is 6.10 Å². The summed E-state index contributed by atoms with van der Waals surface area (Å²) in [7, 11) is 0. The Morgan fingerprint density at radius 1 is 1.36 bits per heavy atom. The topological polar surface area (TPSA) is 84.1 Å². The summed E-state index contributed by atoms with van der Waals surface area (Å²) in [5, 5.41) is 3.50. The molecule has 0 saturated heterocycles. The number of rotatable bonds is 9. The molecule has 0 atom stereocenters. The van der Waals surface area contributed by atoms with Crippen LogP contribution in [0.3, 0.4) is 0 Å². The maximum absolute atomic E-state index is 12.0. The summed E-state index contributed by atoms with van der Waals surface area (Å²) in [4.78, 5) is 31.0. The molecule has 140 valence electrons. The van der Waals surface area contributed by atoms with Crippen molar-refractivity contribution in [3.8, 4) is 0 Å².